The van der Waals surface area contributed by atoms with Gasteiger partial charge in [-0.25, -0.2) is 0 Å². The lowest BCUT2D eigenvalue weighted by molar-refractivity contribution is 0.0332. The molecule has 2 aromatic carbocycles. The number of rotatable bonds is 7. The van der Waals surface area contributed by atoms with E-state index in [1.54, 1.807) is 30.3 Å². The van der Waals surface area contributed by atoms with Crippen molar-refractivity contribution < 1.29 is 14.3 Å². The Balaban J connectivity index is 1.43. The maximum Gasteiger partial charge on any atom is 0.265 e. The lowest BCUT2D eigenvalue weighted by Crippen LogP contribution is -2.43. The van der Waals surface area contributed by atoms with Crippen LogP contribution in [0, 0.1) is 6.92 Å². The molecule has 3 aromatic rings. The third kappa shape index (κ3) is 5.82. The fourth-order valence-electron chi connectivity index (χ4n) is 3.62. The van der Waals surface area contributed by atoms with E-state index in [9.17, 15) is 9.59 Å². The maximum absolute atomic E-state index is 13.0. The second-order valence-electron chi connectivity index (χ2n) is 7.86. The zero-order valence-electron chi connectivity index (χ0n) is 18.0. The number of nitrogens with one attached hydrogen (secondary N) is 2. The van der Waals surface area contributed by atoms with Gasteiger partial charge in [0.15, 0.2) is 0 Å². The summed E-state index contributed by atoms with van der Waals surface area (Å²) in [4.78, 5) is 28.2. The Bertz CT molecular complexity index is 1030. The average molecular weight is 450 g/mol. The number of benzene rings is 2. The number of carbonyl (C=O) groups is 2. The number of carbonyl (C=O) groups excluding carboxylic acids is 2. The van der Waals surface area contributed by atoms with Crippen molar-refractivity contribution in [1.29, 1.82) is 0 Å². The molecule has 166 valence electrons. The van der Waals surface area contributed by atoms with Gasteiger partial charge < -0.3 is 15.4 Å². The summed E-state index contributed by atoms with van der Waals surface area (Å²) in [6.07, 6.45) is 0. The van der Waals surface area contributed by atoms with Gasteiger partial charge in [-0.05, 0) is 48.2 Å². The van der Waals surface area contributed by atoms with Crippen molar-refractivity contribution >= 4 is 28.8 Å². The first-order chi connectivity index (χ1) is 15.6. The van der Waals surface area contributed by atoms with Gasteiger partial charge in [0.05, 0.1) is 24.1 Å². The van der Waals surface area contributed by atoms with Gasteiger partial charge in [-0.15, -0.1) is 11.3 Å². The summed E-state index contributed by atoms with van der Waals surface area (Å²) in [5.41, 5.74) is 3.47. The van der Waals surface area contributed by atoms with Gasteiger partial charge in [0.25, 0.3) is 11.8 Å². The van der Waals surface area contributed by atoms with E-state index in [0.29, 0.717) is 29.3 Å². The van der Waals surface area contributed by atoms with Gasteiger partial charge in [0.1, 0.15) is 0 Å². The number of amides is 2. The molecule has 4 rings (SSSR count). The Labute approximate surface area is 192 Å². The molecular formula is C25H27N3O3S. The number of aryl methyl sites for hydroxylation is 1. The SMILES string of the molecule is Cc1ccc([C@H](CN2CCOCC2)NC(=O)c2ccc(NC(=O)c3cccs3)cc2)cc1. The molecule has 1 aliphatic heterocycles. The van der Waals surface area contributed by atoms with Crippen LogP contribution in [0.15, 0.2) is 66.0 Å². The molecule has 0 saturated carbocycles. The van der Waals surface area contributed by atoms with Crippen molar-refractivity contribution in [3.8, 4) is 0 Å². The average Bonchev–Trinajstić information content (AvgIpc) is 3.36. The molecule has 1 fully saturated rings. The molecule has 2 amide bonds. The number of morpholine rings is 1. The largest absolute Gasteiger partial charge is 0.379 e. The molecule has 0 spiro atoms. The summed E-state index contributed by atoms with van der Waals surface area (Å²) < 4.78 is 5.46. The molecule has 6 nitrogen and oxygen atoms in total. The van der Waals surface area contributed by atoms with Crippen molar-refractivity contribution in [2.75, 3.05) is 38.2 Å². The van der Waals surface area contributed by atoms with Gasteiger partial charge in [-0.3, -0.25) is 14.5 Å². The highest BCUT2D eigenvalue weighted by molar-refractivity contribution is 7.12. The second-order valence-corrected chi connectivity index (χ2v) is 8.81. The van der Waals surface area contributed by atoms with Crippen molar-refractivity contribution in [3.05, 3.63) is 87.6 Å². The number of ether oxygens (including phenoxy) is 1. The lowest BCUT2D eigenvalue weighted by atomic mass is 10.0. The van der Waals surface area contributed by atoms with E-state index in [1.165, 1.54) is 16.9 Å². The van der Waals surface area contributed by atoms with E-state index < -0.39 is 0 Å². The van der Waals surface area contributed by atoms with Crippen LogP contribution in [-0.2, 0) is 4.74 Å². The zero-order valence-corrected chi connectivity index (χ0v) is 18.9. The predicted molar refractivity (Wildman–Crippen MR) is 127 cm³/mol. The highest BCUT2D eigenvalue weighted by Crippen LogP contribution is 2.19. The minimum absolute atomic E-state index is 0.126. The van der Waals surface area contributed by atoms with Crippen LogP contribution in [0.5, 0.6) is 0 Å². The predicted octanol–water partition coefficient (Wildman–Crippen LogP) is 4.11. The van der Waals surface area contributed by atoms with Crippen LogP contribution in [0.3, 0.4) is 0 Å². The molecular weight excluding hydrogens is 422 g/mol. The zero-order chi connectivity index (χ0) is 22.3. The van der Waals surface area contributed by atoms with Gasteiger partial charge in [0.2, 0.25) is 0 Å². The topological polar surface area (TPSA) is 70.7 Å². The van der Waals surface area contributed by atoms with Crippen molar-refractivity contribution in [1.82, 2.24) is 10.2 Å². The highest BCUT2D eigenvalue weighted by Gasteiger charge is 2.21. The summed E-state index contributed by atoms with van der Waals surface area (Å²) in [7, 11) is 0. The summed E-state index contributed by atoms with van der Waals surface area (Å²) in [6.45, 7) is 5.93. The molecule has 1 atom stereocenters. The monoisotopic (exact) mass is 449 g/mol. The molecule has 0 unspecified atom stereocenters. The first kappa shape index (κ1) is 22.2. The highest BCUT2D eigenvalue weighted by atomic mass is 32.1. The van der Waals surface area contributed by atoms with E-state index in [1.807, 2.05) is 11.4 Å². The smallest absolute Gasteiger partial charge is 0.265 e. The summed E-state index contributed by atoms with van der Waals surface area (Å²) in [6, 6.07) is 18.8. The van der Waals surface area contributed by atoms with Crippen molar-refractivity contribution in [2.45, 2.75) is 13.0 Å². The number of thiophene rings is 1. The molecule has 0 aliphatic carbocycles. The molecule has 2 heterocycles. The first-order valence-electron chi connectivity index (χ1n) is 10.7. The van der Waals surface area contributed by atoms with Gasteiger partial charge in [-0.2, -0.15) is 0 Å². The fourth-order valence-corrected chi connectivity index (χ4v) is 4.24. The third-order valence-corrected chi connectivity index (χ3v) is 6.35. The number of hydrogen-bond acceptors (Lipinski definition) is 5. The number of anilines is 1. The van der Waals surface area contributed by atoms with Crippen LogP contribution >= 0.6 is 11.3 Å². The molecule has 0 radical (unpaired) electrons. The van der Waals surface area contributed by atoms with Crippen LogP contribution in [0.25, 0.3) is 0 Å². The maximum atomic E-state index is 13.0. The second kappa shape index (κ2) is 10.5. The molecule has 1 aliphatic rings. The normalized spacial score (nSPS) is 15.2. The van der Waals surface area contributed by atoms with Crippen LogP contribution in [-0.4, -0.2) is 49.6 Å². The van der Waals surface area contributed by atoms with Gasteiger partial charge >= 0.3 is 0 Å². The Morgan fingerprint density at radius 1 is 1.00 bits per heavy atom. The quantitative estimate of drug-likeness (QED) is 0.570. The lowest BCUT2D eigenvalue weighted by Gasteiger charge is -2.31. The van der Waals surface area contributed by atoms with Crippen LogP contribution in [0.4, 0.5) is 5.69 Å². The van der Waals surface area contributed by atoms with Crippen molar-refractivity contribution in [3.63, 3.8) is 0 Å². The van der Waals surface area contributed by atoms with E-state index in [-0.39, 0.29) is 17.9 Å². The molecule has 32 heavy (non-hydrogen) atoms. The van der Waals surface area contributed by atoms with Crippen molar-refractivity contribution in [2.24, 2.45) is 0 Å². The summed E-state index contributed by atoms with van der Waals surface area (Å²) >= 11 is 1.39. The summed E-state index contributed by atoms with van der Waals surface area (Å²) in [5, 5.41) is 7.91. The Morgan fingerprint density at radius 3 is 2.38 bits per heavy atom. The molecule has 7 heteroatoms. The number of nitrogens with zero attached hydrogens (tertiary/aromatic N) is 1. The van der Waals surface area contributed by atoms with Crippen LogP contribution in [0.2, 0.25) is 0 Å². The third-order valence-electron chi connectivity index (χ3n) is 5.48. The Morgan fingerprint density at radius 2 is 1.72 bits per heavy atom. The Kier molecular flexibility index (Phi) is 7.32. The van der Waals surface area contributed by atoms with E-state index in [0.717, 1.165) is 25.2 Å². The molecule has 2 N–H and O–H groups in total. The fraction of sp³-hybridized carbons (Fsp3) is 0.280. The minimum Gasteiger partial charge on any atom is -0.379 e. The van der Waals surface area contributed by atoms with E-state index in [4.69, 9.17) is 4.74 Å². The number of hydrogen-bond donors (Lipinski definition) is 2. The molecule has 1 saturated heterocycles. The minimum atomic E-state index is -0.151. The van der Waals surface area contributed by atoms with Gasteiger partial charge in [0, 0.05) is 30.9 Å². The standard InChI is InChI=1S/C25H27N3O3S/c1-18-4-6-19(7-5-18)22(17-28-12-14-31-15-13-28)27-24(29)20-8-10-21(11-9-20)26-25(30)23-3-2-16-32-23/h2-11,16,22H,12-15,17H2,1H3,(H,26,30)(H,27,29)/t22-/m0/s1. The molecule has 0 bridgehead atoms. The van der Waals surface area contributed by atoms with E-state index >= 15 is 0 Å². The first-order valence-corrected chi connectivity index (χ1v) is 11.6. The van der Waals surface area contributed by atoms with E-state index in [2.05, 4.69) is 46.7 Å². The Hall–Kier alpha value is -3.00. The molecule has 1 aromatic heterocycles. The summed E-state index contributed by atoms with van der Waals surface area (Å²) in [5.74, 6) is -0.290. The van der Waals surface area contributed by atoms with Crippen LogP contribution < -0.4 is 10.6 Å². The van der Waals surface area contributed by atoms with Gasteiger partial charge in [-0.1, -0.05) is 35.9 Å². The van der Waals surface area contributed by atoms with Crippen LogP contribution in [0.1, 0.15) is 37.2 Å².